The van der Waals surface area contributed by atoms with Crippen LogP contribution < -0.4 is 5.32 Å². The van der Waals surface area contributed by atoms with Gasteiger partial charge in [0.15, 0.2) is 5.82 Å². The Morgan fingerprint density at radius 3 is 3.07 bits per heavy atom. The molecule has 1 aromatic heterocycles. The van der Waals surface area contributed by atoms with Crippen molar-refractivity contribution in [3.63, 3.8) is 0 Å². The van der Waals surface area contributed by atoms with Crippen LogP contribution in [-0.2, 0) is 11.2 Å². The van der Waals surface area contributed by atoms with Gasteiger partial charge in [0.05, 0.1) is 6.61 Å². The molecule has 0 amide bonds. The minimum atomic E-state index is -0.0563. The van der Waals surface area contributed by atoms with Crippen LogP contribution in [0.4, 0.5) is 0 Å². The van der Waals surface area contributed by atoms with Crippen molar-refractivity contribution in [1.82, 2.24) is 15.5 Å². The lowest BCUT2D eigenvalue weighted by molar-refractivity contribution is 0.00755. The Hall–Kier alpha value is -0.940. The zero-order chi connectivity index (χ0) is 10.1. The topological polar surface area (TPSA) is 60.2 Å². The molecule has 3 rings (SSSR count). The van der Waals surface area contributed by atoms with Crippen LogP contribution in [-0.4, -0.2) is 29.8 Å². The minimum Gasteiger partial charge on any atom is -0.366 e. The summed E-state index contributed by atoms with van der Waals surface area (Å²) < 4.78 is 10.7. The van der Waals surface area contributed by atoms with E-state index in [9.17, 15) is 0 Å². The van der Waals surface area contributed by atoms with Crippen molar-refractivity contribution in [2.45, 2.75) is 25.4 Å². The smallest absolute Gasteiger partial charge is 0.257 e. The molecule has 2 heterocycles. The largest absolute Gasteiger partial charge is 0.366 e. The third-order valence-corrected chi connectivity index (χ3v) is 2.86. The van der Waals surface area contributed by atoms with E-state index in [1.54, 1.807) is 0 Å². The van der Waals surface area contributed by atoms with Gasteiger partial charge < -0.3 is 14.6 Å². The molecule has 0 bridgehead atoms. The number of nitrogens with one attached hydrogen (secondary N) is 1. The average molecular weight is 209 g/mol. The lowest BCUT2D eigenvalue weighted by atomic mass is 10.3. The maximum atomic E-state index is 5.54. The van der Waals surface area contributed by atoms with Crippen LogP contribution in [0.2, 0.25) is 0 Å². The Labute approximate surface area is 88.2 Å². The highest BCUT2D eigenvalue weighted by Gasteiger charge is 2.26. The molecular formula is C10H15N3O2. The van der Waals surface area contributed by atoms with E-state index < -0.39 is 0 Å². The molecule has 1 atom stereocenters. The summed E-state index contributed by atoms with van der Waals surface area (Å²) >= 11 is 0. The van der Waals surface area contributed by atoms with E-state index in [4.69, 9.17) is 9.26 Å². The zero-order valence-electron chi connectivity index (χ0n) is 8.61. The molecule has 5 heteroatoms. The fourth-order valence-corrected chi connectivity index (χ4v) is 1.79. The summed E-state index contributed by atoms with van der Waals surface area (Å²) in [5, 5.41) is 7.22. The van der Waals surface area contributed by atoms with Crippen molar-refractivity contribution in [1.29, 1.82) is 0 Å². The van der Waals surface area contributed by atoms with Crippen LogP contribution in [0.5, 0.6) is 0 Å². The molecule has 0 aromatic carbocycles. The fraction of sp³-hybridized carbons (Fsp3) is 0.800. The highest BCUT2D eigenvalue weighted by molar-refractivity contribution is 4.95. The molecule has 1 N–H and O–H groups in total. The molecule has 2 fully saturated rings. The van der Waals surface area contributed by atoms with Crippen molar-refractivity contribution < 1.29 is 9.26 Å². The third kappa shape index (κ3) is 2.18. The van der Waals surface area contributed by atoms with Crippen molar-refractivity contribution in [3.05, 3.63) is 11.7 Å². The first kappa shape index (κ1) is 9.30. The Kier molecular flexibility index (Phi) is 2.42. The second-order valence-corrected chi connectivity index (χ2v) is 4.26. The average Bonchev–Trinajstić information content (AvgIpc) is 2.96. The summed E-state index contributed by atoms with van der Waals surface area (Å²) in [5.74, 6) is 2.25. The monoisotopic (exact) mass is 209 g/mol. The summed E-state index contributed by atoms with van der Waals surface area (Å²) in [6, 6.07) is 0. The summed E-state index contributed by atoms with van der Waals surface area (Å²) in [5.41, 5.74) is 0. The van der Waals surface area contributed by atoms with E-state index in [2.05, 4.69) is 15.5 Å². The van der Waals surface area contributed by atoms with Crippen LogP contribution in [0, 0.1) is 5.92 Å². The SMILES string of the molecule is C1COC(c2nc(CC3CC3)no2)CN1. The van der Waals surface area contributed by atoms with Crippen molar-refractivity contribution in [2.75, 3.05) is 19.7 Å². The van der Waals surface area contributed by atoms with Gasteiger partial charge in [-0.2, -0.15) is 4.98 Å². The molecule has 1 unspecified atom stereocenters. The van der Waals surface area contributed by atoms with Crippen LogP contribution in [0.1, 0.15) is 30.7 Å². The van der Waals surface area contributed by atoms with E-state index in [0.717, 1.165) is 31.3 Å². The predicted molar refractivity (Wildman–Crippen MR) is 52.3 cm³/mol. The summed E-state index contributed by atoms with van der Waals surface area (Å²) in [4.78, 5) is 4.37. The van der Waals surface area contributed by atoms with Gasteiger partial charge in [-0.3, -0.25) is 0 Å². The number of aromatic nitrogens is 2. The minimum absolute atomic E-state index is 0.0563. The van der Waals surface area contributed by atoms with Crippen LogP contribution in [0.3, 0.4) is 0 Å². The lowest BCUT2D eigenvalue weighted by Crippen LogP contribution is -2.33. The summed E-state index contributed by atoms with van der Waals surface area (Å²) in [7, 11) is 0. The van der Waals surface area contributed by atoms with Crippen LogP contribution in [0.15, 0.2) is 4.52 Å². The standard InChI is InChI=1S/C10H15N3O2/c1-2-7(1)5-9-12-10(15-13-9)8-6-11-3-4-14-8/h7-8,11H,1-6H2. The Balaban J connectivity index is 1.65. The quantitative estimate of drug-likeness (QED) is 0.793. The molecule has 2 aliphatic rings. The molecule has 5 nitrogen and oxygen atoms in total. The van der Waals surface area contributed by atoms with Gasteiger partial charge in [-0.15, -0.1) is 0 Å². The molecule has 1 saturated heterocycles. The summed E-state index contributed by atoms with van der Waals surface area (Å²) in [6.07, 6.45) is 3.53. The van der Waals surface area contributed by atoms with Gasteiger partial charge in [-0.25, -0.2) is 0 Å². The van der Waals surface area contributed by atoms with E-state index in [0.29, 0.717) is 12.5 Å². The fourth-order valence-electron chi connectivity index (χ4n) is 1.79. The van der Waals surface area contributed by atoms with Gasteiger partial charge in [-0.1, -0.05) is 5.16 Å². The van der Waals surface area contributed by atoms with Gasteiger partial charge >= 0.3 is 0 Å². The number of morpholine rings is 1. The van der Waals surface area contributed by atoms with Crippen LogP contribution >= 0.6 is 0 Å². The first-order valence-corrected chi connectivity index (χ1v) is 5.56. The highest BCUT2D eigenvalue weighted by atomic mass is 16.5. The number of ether oxygens (including phenoxy) is 1. The molecule has 1 aliphatic carbocycles. The predicted octanol–water partition coefficient (Wildman–Crippen LogP) is 0.683. The van der Waals surface area contributed by atoms with Gasteiger partial charge in [0.2, 0.25) is 0 Å². The van der Waals surface area contributed by atoms with E-state index >= 15 is 0 Å². The van der Waals surface area contributed by atoms with E-state index in [1.165, 1.54) is 12.8 Å². The lowest BCUT2D eigenvalue weighted by Gasteiger charge is -2.19. The maximum absolute atomic E-state index is 5.54. The van der Waals surface area contributed by atoms with Crippen LogP contribution in [0.25, 0.3) is 0 Å². The molecular weight excluding hydrogens is 194 g/mol. The molecule has 1 saturated carbocycles. The molecule has 0 radical (unpaired) electrons. The van der Waals surface area contributed by atoms with Crippen molar-refractivity contribution >= 4 is 0 Å². The van der Waals surface area contributed by atoms with Gasteiger partial charge in [0, 0.05) is 19.5 Å². The molecule has 1 aliphatic heterocycles. The summed E-state index contributed by atoms with van der Waals surface area (Å²) in [6.45, 7) is 2.38. The second kappa shape index (κ2) is 3.90. The number of nitrogens with zero attached hydrogens (tertiary/aromatic N) is 2. The zero-order valence-corrected chi connectivity index (χ0v) is 8.61. The van der Waals surface area contributed by atoms with Gasteiger partial charge in [0.25, 0.3) is 5.89 Å². The highest BCUT2D eigenvalue weighted by Crippen LogP contribution is 2.32. The Morgan fingerprint density at radius 1 is 1.40 bits per heavy atom. The Morgan fingerprint density at radius 2 is 2.33 bits per heavy atom. The third-order valence-electron chi connectivity index (χ3n) is 2.86. The molecule has 1 aromatic rings. The Bertz CT molecular complexity index is 329. The number of hydrogen-bond donors (Lipinski definition) is 1. The maximum Gasteiger partial charge on any atom is 0.257 e. The normalized spacial score (nSPS) is 26.8. The molecule has 0 spiro atoms. The van der Waals surface area contributed by atoms with Crippen molar-refractivity contribution in [2.24, 2.45) is 5.92 Å². The number of hydrogen-bond acceptors (Lipinski definition) is 5. The molecule has 82 valence electrons. The van der Waals surface area contributed by atoms with Gasteiger partial charge in [-0.05, 0) is 18.8 Å². The van der Waals surface area contributed by atoms with E-state index in [1.807, 2.05) is 0 Å². The van der Waals surface area contributed by atoms with Gasteiger partial charge in [0.1, 0.15) is 6.10 Å². The van der Waals surface area contributed by atoms with Crippen molar-refractivity contribution in [3.8, 4) is 0 Å². The second-order valence-electron chi connectivity index (χ2n) is 4.26. The van der Waals surface area contributed by atoms with E-state index in [-0.39, 0.29) is 6.10 Å². The first-order valence-electron chi connectivity index (χ1n) is 5.56. The number of rotatable bonds is 3. The first-order chi connectivity index (χ1) is 7.42. The molecule has 15 heavy (non-hydrogen) atoms.